The zero-order valence-corrected chi connectivity index (χ0v) is 47.6. The predicted molar refractivity (Wildman–Crippen MR) is 309 cm³/mol. The van der Waals surface area contributed by atoms with Crippen LogP contribution in [0, 0.1) is 0 Å². The van der Waals surface area contributed by atoms with Crippen LogP contribution in [0.25, 0.3) is 0 Å². The molecule has 0 rings (SSSR count). The molecule has 0 heterocycles. The van der Waals surface area contributed by atoms with Crippen LogP contribution in [0.4, 0.5) is 0 Å². The Morgan fingerprint density at radius 1 is 0.333 bits per heavy atom. The number of hydrogen-bond acceptors (Lipinski definition) is 3. The first-order valence-corrected chi connectivity index (χ1v) is 32.4. The van der Waals surface area contributed by atoms with Crippen molar-refractivity contribution in [1.29, 1.82) is 0 Å². The van der Waals surface area contributed by atoms with Gasteiger partial charge in [-0.15, -0.1) is 0 Å². The molecule has 0 aliphatic heterocycles. The van der Waals surface area contributed by atoms with Gasteiger partial charge in [-0.3, -0.25) is 4.79 Å². The van der Waals surface area contributed by atoms with Gasteiger partial charge in [-0.1, -0.05) is 347 Å². The summed E-state index contributed by atoms with van der Waals surface area (Å²) >= 11 is 0. The van der Waals surface area contributed by atoms with Crippen LogP contribution < -0.4 is 5.32 Å². The van der Waals surface area contributed by atoms with Crippen molar-refractivity contribution in [2.45, 2.75) is 392 Å². The number of unbranched alkanes of at least 4 members (excludes halogenated alkanes) is 52. The number of aliphatic hydroxyl groups excluding tert-OH is 2. The molecule has 3 N–H and O–H groups in total. The molecular weight excluding hydrogens is 843 g/mol. The zero-order valence-electron chi connectivity index (χ0n) is 47.6. The standard InChI is InChI=1S/C65H129NO3/c1-3-5-7-9-11-13-15-17-19-21-23-25-27-29-30-31-32-33-34-35-36-37-39-41-43-45-47-49-51-53-55-57-59-61-65(69)66-63(62-67)64(68)60-58-56-54-52-50-48-46-44-42-40-38-28-26-24-22-20-18-16-14-12-10-8-6-4-2/h29-30,63-64,67-68H,3-28,31-62H2,1-2H3,(H,66,69)/b30-29-. The van der Waals surface area contributed by atoms with Crippen molar-refractivity contribution in [3.05, 3.63) is 12.2 Å². The lowest BCUT2D eigenvalue weighted by Gasteiger charge is -2.22. The minimum absolute atomic E-state index is 0.0221. The molecule has 0 aliphatic rings. The summed E-state index contributed by atoms with van der Waals surface area (Å²) < 4.78 is 0. The van der Waals surface area contributed by atoms with Crippen LogP contribution in [0.3, 0.4) is 0 Å². The van der Waals surface area contributed by atoms with Crippen LogP contribution in [0.1, 0.15) is 380 Å². The Morgan fingerprint density at radius 2 is 0.551 bits per heavy atom. The smallest absolute Gasteiger partial charge is 0.220 e. The Labute approximate surface area is 435 Å². The summed E-state index contributed by atoms with van der Waals surface area (Å²) in [6, 6.07) is -0.534. The van der Waals surface area contributed by atoms with E-state index in [0.717, 1.165) is 25.7 Å². The number of amides is 1. The van der Waals surface area contributed by atoms with Gasteiger partial charge in [0, 0.05) is 6.42 Å². The van der Waals surface area contributed by atoms with E-state index in [4.69, 9.17) is 0 Å². The van der Waals surface area contributed by atoms with Crippen molar-refractivity contribution in [3.8, 4) is 0 Å². The van der Waals surface area contributed by atoms with Crippen molar-refractivity contribution in [1.82, 2.24) is 5.32 Å². The van der Waals surface area contributed by atoms with Gasteiger partial charge >= 0.3 is 0 Å². The topological polar surface area (TPSA) is 69.6 Å². The summed E-state index contributed by atoms with van der Waals surface area (Å²) in [6.07, 6.45) is 81.0. The summed E-state index contributed by atoms with van der Waals surface area (Å²) in [6.45, 7) is 4.41. The first-order chi connectivity index (χ1) is 34.2. The molecule has 0 aromatic carbocycles. The highest BCUT2D eigenvalue weighted by Gasteiger charge is 2.20. The van der Waals surface area contributed by atoms with Crippen molar-refractivity contribution < 1.29 is 15.0 Å². The van der Waals surface area contributed by atoms with E-state index < -0.39 is 12.1 Å². The van der Waals surface area contributed by atoms with E-state index in [-0.39, 0.29) is 12.5 Å². The van der Waals surface area contributed by atoms with Crippen molar-refractivity contribution in [2.24, 2.45) is 0 Å². The monoisotopic (exact) mass is 972 g/mol. The SMILES string of the molecule is CCCCCCCCCCCCCC/C=C\CCCCCCCCCCCCCCCCCCCC(=O)NC(CO)C(O)CCCCCCCCCCCCCCCCCCCCCCCCCC. The molecule has 0 radical (unpaired) electrons. The average molecular weight is 973 g/mol. The number of allylic oxidation sites excluding steroid dienone is 2. The molecule has 0 bridgehead atoms. The molecule has 0 saturated heterocycles. The number of carbonyl (C=O) groups is 1. The molecule has 0 aliphatic carbocycles. The zero-order chi connectivity index (χ0) is 49.9. The van der Waals surface area contributed by atoms with E-state index >= 15 is 0 Å². The quantitative estimate of drug-likeness (QED) is 0.0420. The molecule has 4 nitrogen and oxygen atoms in total. The number of rotatable bonds is 61. The van der Waals surface area contributed by atoms with E-state index in [0.29, 0.717) is 12.8 Å². The molecule has 412 valence electrons. The Morgan fingerprint density at radius 3 is 0.797 bits per heavy atom. The van der Waals surface area contributed by atoms with Gasteiger partial charge < -0.3 is 15.5 Å². The van der Waals surface area contributed by atoms with Crippen LogP contribution in [-0.4, -0.2) is 34.9 Å². The van der Waals surface area contributed by atoms with Crippen LogP contribution in [0.15, 0.2) is 12.2 Å². The van der Waals surface area contributed by atoms with Gasteiger partial charge in [0.1, 0.15) is 0 Å². The van der Waals surface area contributed by atoms with E-state index in [1.165, 1.54) is 327 Å². The third-order valence-corrected chi connectivity index (χ3v) is 15.5. The van der Waals surface area contributed by atoms with Crippen LogP contribution >= 0.6 is 0 Å². The third-order valence-electron chi connectivity index (χ3n) is 15.5. The molecule has 0 saturated carbocycles. The molecule has 1 amide bonds. The van der Waals surface area contributed by atoms with Gasteiger partial charge in [0.15, 0.2) is 0 Å². The highest BCUT2D eigenvalue weighted by molar-refractivity contribution is 5.76. The highest BCUT2D eigenvalue weighted by atomic mass is 16.3. The third kappa shape index (κ3) is 57.9. The lowest BCUT2D eigenvalue weighted by atomic mass is 10.0. The largest absolute Gasteiger partial charge is 0.394 e. The summed E-state index contributed by atoms with van der Waals surface area (Å²) in [5.74, 6) is -0.0221. The fraction of sp³-hybridized carbons (Fsp3) is 0.954. The number of carbonyl (C=O) groups excluding carboxylic acids is 1. The molecule has 0 fully saturated rings. The van der Waals surface area contributed by atoms with E-state index in [1.54, 1.807) is 0 Å². The van der Waals surface area contributed by atoms with Gasteiger partial charge in [0.05, 0.1) is 18.8 Å². The van der Waals surface area contributed by atoms with Crippen LogP contribution in [-0.2, 0) is 4.79 Å². The van der Waals surface area contributed by atoms with Crippen molar-refractivity contribution >= 4 is 5.91 Å². The molecular formula is C65H129NO3. The summed E-state index contributed by atoms with van der Waals surface area (Å²) in [4.78, 5) is 12.5. The second kappa shape index (κ2) is 61.4. The number of nitrogens with one attached hydrogen (secondary N) is 1. The normalized spacial score (nSPS) is 12.7. The molecule has 4 heteroatoms. The number of aliphatic hydroxyl groups is 2. The second-order valence-corrected chi connectivity index (χ2v) is 22.5. The van der Waals surface area contributed by atoms with Gasteiger partial charge in [-0.25, -0.2) is 0 Å². The first-order valence-electron chi connectivity index (χ1n) is 32.4. The van der Waals surface area contributed by atoms with Gasteiger partial charge in [-0.2, -0.15) is 0 Å². The predicted octanol–water partition coefficient (Wildman–Crippen LogP) is 21.7. The van der Waals surface area contributed by atoms with Gasteiger partial charge in [-0.05, 0) is 38.5 Å². The molecule has 2 unspecified atom stereocenters. The Balaban J connectivity index is 3.38. The lowest BCUT2D eigenvalue weighted by Crippen LogP contribution is -2.45. The summed E-state index contributed by atoms with van der Waals surface area (Å²) in [7, 11) is 0. The van der Waals surface area contributed by atoms with E-state index in [9.17, 15) is 15.0 Å². The Bertz CT molecular complexity index is 967. The molecule has 2 atom stereocenters. The lowest BCUT2D eigenvalue weighted by molar-refractivity contribution is -0.123. The fourth-order valence-corrected chi connectivity index (χ4v) is 10.6. The summed E-state index contributed by atoms with van der Waals surface area (Å²) in [5, 5.41) is 23.4. The Hall–Kier alpha value is -0.870. The van der Waals surface area contributed by atoms with Gasteiger partial charge in [0.25, 0.3) is 0 Å². The maximum absolute atomic E-state index is 12.5. The first kappa shape index (κ1) is 68.1. The molecule has 0 aromatic rings. The number of hydrogen-bond donors (Lipinski definition) is 3. The van der Waals surface area contributed by atoms with Crippen LogP contribution in [0.5, 0.6) is 0 Å². The molecule has 0 spiro atoms. The minimum atomic E-state index is -0.657. The Kier molecular flexibility index (Phi) is 60.7. The molecule has 69 heavy (non-hydrogen) atoms. The fourth-order valence-electron chi connectivity index (χ4n) is 10.6. The highest BCUT2D eigenvalue weighted by Crippen LogP contribution is 2.19. The van der Waals surface area contributed by atoms with Gasteiger partial charge in [0.2, 0.25) is 5.91 Å². The van der Waals surface area contributed by atoms with Crippen molar-refractivity contribution in [3.63, 3.8) is 0 Å². The maximum atomic E-state index is 12.5. The van der Waals surface area contributed by atoms with E-state index in [2.05, 4.69) is 31.3 Å². The van der Waals surface area contributed by atoms with Crippen LogP contribution in [0.2, 0.25) is 0 Å². The average Bonchev–Trinajstić information content (AvgIpc) is 3.35. The van der Waals surface area contributed by atoms with E-state index in [1.807, 2.05) is 0 Å². The second-order valence-electron chi connectivity index (χ2n) is 22.5. The minimum Gasteiger partial charge on any atom is -0.394 e. The maximum Gasteiger partial charge on any atom is 0.220 e. The summed E-state index contributed by atoms with van der Waals surface area (Å²) in [5.41, 5.74) is 0. The molecule has 0 aromatic heterocycles. The van der Waals surface area contributed by atoms with Crippen molar-refractivity contribution in [2.75, 3.05) is 6.61 Å².